The first-order valence-corrected chi connectivity index (χ1v) is 6.00. The maximum absolute atomic E-state index is 11.8. The zero-order valence-corrected chi connectivity index (χ0v) is 10.6. The summed E-state index contributed by atoms with van der Waals surface area (Å²) < 4.78 is 6.11. The Hall–Kier alpha value is -2.03. The van der Waals surface area contributed by atoms with Crippen molar-refractivity contribution in [1.29, 1.82) is 0 Å². The molecule has 2 heterocycles. The van der Waals surface area contributed by atoms with Gasteiger partial charge in [0, 0.05) is 6.07 Å². The van der Waals surface area contributed by atoms with E-state index < -0.39 is 0 Å². The van der Waals surface area contributed by atoms with Crippen molar-refractivity contribution in [2.24, 2.45) is 0 Å². The first-order chi connectivity index (χ1) is 8.56. The quantitative estimate of drug-likeness (QED) is 0.610. The number of nitrogens with two attached hydrogens (primary N) is 1. The predicted molar refractivity (Wildman–Crippen MR) is 65.4 cm³/mol. The van der Waals surface area contributed by atoms with Crippen molar-refractivity contribution in [3.63, 3.8) is 0 Å². The molecule has 0 spiro atoms. The van der Waals surface area contributed by atoms with Gasteiger partial charge < -0.3 is 15.7 Å². The number of hydrogen-bond donors (Lipinski definition) is 2. The highest BCUT2D eigenvalue weighted by molar-refractivity contribution is 8.00. The minimum Gasteiger partial charge on any atom is -0.360 e. The summed E-state index contributed by atoms with van der Waals surface area (Å²) >= 11 is 1.20. The fraction of sp³-hybridized carbons (Fsp3) is 0.333. The van der Waals surface area contributed by atoms with Crippen molar-refractivity contribution in [2.75, 3.05) is 11.2 Å². The summed E-state index contributed by atoms with van der Waals surface area (Å²) in [6, 6.07) is 1.64. The third-order valence-corrected chi connectivity index (χ3v) is 3.14. The van der Waals surface area contributed by atoms with Gasteiger partial charge in [-0.05, 0) is 13.8 Å². The molecule has 0 bridgehead atoms. The lowest BCUT2D eigenvalue weighted by atomic mass is 10.4. The van der Waals surface area contributed by atoms with Gasteiger partial charge in [0.05, 0.1) is 5.25 Å². The molecule has 0 saturated carbocycles. The smallest absolute Gasteiger partial charge is 0.238 e. The third-order valence-electron chi connectivity index (χ3n) is 2.07. The van der Waals surface area contributed by atoms with Gasteiger partial charge in [0.15, 0.2) is 5.82 Å². The van der Waals surface area contributed by atoms with Gasteiger partial charge in [-0.2, -0.15) is 0 Å². The Balaban J connectivity index is 1.95. The van der Waals surface area contributed by atoms with Crippen molar-refractivity contribution in [3.05, 3.63) is 18.2 Å². The van der Waals surface area contributed by atoms with Gasteiger partial charge in [0.1, 0.15) is 12.1 Å². The number of nitrogens with one attached hydrogen (secondary N) is 1. The molecule has 3 N–H and O–H groups in total. The Kier molecular flexibility index (Phi) is 3.51. The number of rotatable bonds is 4. The van der Waals surface area contributed by atoms with Crippen LogP contribution >= 0.6 is 11.8 Å². The normalized spacial score (nSPS) is 12.3. The molecule has 2 aromatic rings. The van der Waals surface area contributed by atoms with Crippen LogP contribution in [-0.2, 0) is 4.79 Å². The average molecular weight is 268 g/mol. The van der Waals surface area contributed by atoms with E-state index >= 15 is 0 Å². The molecule has 96 valence electrons. The molecule has 18 heavy (non-hydrogen) atoms. The molecule has 0 aliphatic carbocycles. The monoisotopic (exact) mass is 268 g/mol. The topological polar surface area (TPSA) is 112 Å². The summed E-state index contributed by atoms with van der Waals surface area (Å²) in [6.45, 7) is 3.49. The van der Waals surface area contributed by atoms with Crippen molar-refractivity contribution in [1.82, 2.24) is 20.0 Å². The van der Waals surface area contributed by atoms with Crippen LogP contribution in [0.4, 0.5) is 5.82 Å². The fourth-order valence-electron chi connectivity index (χ4n) is 1.18. The minimum absolute atomic E-state index is 0.212. The maximum Gasteiger partial charge on any atom is 0.238 e. The van der Waals surface area contributed by atoms with Crippen LogP contribution in [0.15, 0.2) is 22.1 Å². The van der Waals surface area contributed by atoms with Gasteiger partial charge in [-0.3, -0.25) is 4.79 Å². The van der Waals surface area contributed by atoms with Crippen LogP contribution in [-0.4, -0.2) is 31.2 Å². The number of hydrogen-bond acceptors (Lipinski definition) is 7. The molecule has 2 rings (SSSR count). The second kappa shape index (κ2) is 5.08. The Labute approximate surface area is 107 Å². The highest BCUT2D eigenvalue weighted by Gasteiger charge is 2.18. The van der Waals surface area contributed by atoms with E-state index in [1.165, 1.54) is 22.8 Å². The third kappa shape index (κ3) is 2.80. The number of carbonyl (C=O) groups excluding carboxylic acids is 1. The van der Waals surface area contributed by atoms with Gasteiger partial charge >= 0.3 is 0 Å². The molecule has 0 aliphatic heterocycles. The SMILES string of the molecule is Cc1cc(NC(=O)C(C)Sc2nncn2N)no1. The second-order valence-corrected chi connectivity index (χ2v) is 4.90. The Bertz CT molecular complexity index is 551. The summed E-state index contributed by atoms with van der Waals surface area (Å²) in [6.07, 6.45) is 1.37. The van der Waals surface area contributed by atoms with E-state index in [-0.39, 0.29) is 11.2 Å². The Morgan fingerprint density at radius 1 is 1.67 bits per heavy atom. The van der Waals surface area contributed by atoms with E-state index in [1.807, 2.05) is 0 Å². The van der Waals surface area contributed by atoms with Gasteiger partial charge in [-0.1, -0.05) is 16.9 Å². The number of amides is 1. The van der Waals surface area contributed by atoms with Crippen LogP contribution in [0.1, 0.15) is 12.7 Å². The molecule has 9 heteroatoms. The highest BCUT2D eigenvalue weighted by Crippen LogP contribution is 2.20. The van der Waals surface area contributed by atoms with Crippen LogP contribution in [0.3, 0.4) is 0 Å². The maximum atomic E-state index is 11.8. The van der Waals surface area contributed by atoms with E-state index in [0.717, 1.165) is 0 Å². The molecule has 0 aliphatic rings. The summed E-state index contributed by atoms with van der Waals surface area (Å²) in [5, 5.41) is 13.8. The van der Waals surface area contributed by atoms with E-state index in [2.05, 4.69) is 20.7 Å². The van der Waals surface area contributed by atoms with E-state index in [4.69, 9.17) is 10.4 Å². The van der Waals surface area contributed by atoms with Crippen LogP contribution < -0.4 is 11.2 Å². The van der Waals surface area contributed by atoms with E-state index in [9.17, 15) is 4.79 Å². The van der Waals surface area contributed by atoms with E-state index in [0.29, 0.717) is 16.7 Å². The number of aromatic nitrogens is 4. The summed E-state index contributed by atoms with van der Waals surface area (Å²) in [5.74, 6) is 6.36. The standard InChI is InChI=1S/C9H12N6O2S/c1-5-3-7(14-17-5)12-8(16)6(2)18-9-13-11-4-15(9)10/h3-4,6H,10H2,1-2H3,(H,12,14,16). The van der Waals surface area contributed by atoms with Gasteiger partial charge in [0.2, 0.25) is 11.1 Å². The molecular formula is C9H12N6O2S. The second-order valence-electron chi connectivity index (χ2n) is 3.59. The van der Waals surface area contributed by atoms with Crippen LogP contribution in [0, 0.1) is 6.92 Å². The predicted octanol–water partition coefficient (Wildman–Crippen LogP) is 0.408. The van der Waals surface area contributed by atoms with Crippen molar-refractivity contribution in [2.45, 2.75) is 24.3 Å². The number of thioether (sulfide) groups is 1. The molecule has 2 aromatic heterocycles. The number of anilines is 1. The van der Waals surface area contributed by atoms with Crippen LogP contribution in [0.25, 0.3) is 0 Å². The van der Waals surface area contributed by atoms with Gasteiger partial charge in [-0.15, -0.1) is 10.2 Å². The zero-order chi connectivity index (χ0) is 13.1. The minimum atomic E-state index is -0.381. The lowest BCUT2D eigenvalue weighted by Gasteiger charge is -2.08. The van der Waals surface area contributed by atoms with Gasteiger partial charge in [-0.25, -0.2) is 4.68 Å². The molecule has 8 nitrogen and oxygen atoms in total. The number of nitrogen functional groups attached to an aromatic ring is 1. The first kappa shape index (κ1) is 12.4. The molecule has 1 amide bonds. The number of nitrogens with zero attached hydrogens (tertiary/aromatic N) is 4. The lowest BCUT2D eigenvalue weighted by molar-refractivity contribution is -0.115. The molecule has 0 fully saturated rings. The summed E-state index contributed by atoms with van der Waals surface area (Å²) in [4.78, 5) is 11.8. The van der Waals surface area contributed by atoms with Gasteiger partial charge in [0.25, 0.3) is 0 Å². The molecule has 0 radical (unpaired) electrons. The number of carbonyl (C=O) groups is 1. The Morgan fingerprint density at radius 3 is 3.00 bits per heavy atom. The summed E-state index contributed by atoms with van der Waals surface area (Å²) in [7, 11) is 0. The fourth-order valence-corrected chi connectivity index (χ4v) is 1.93. The van der Waals surface area contributed by atoms with E-state index in [1.54, 1.807) is 19.9 Å². The average Bonchev–Trinajstić information content (AvgIpc) is 2.89. The molecule has 1 unspecified atom stereocenters. The Morgan fingerprint density at radius 2 is 2.44 bits per heavy atom. The molecule has 1 atom stereocenters. The van der Waals surface area contributed by atoms with Crippen molar-refractivity contribution < 1.29 is 9.32 Å². The van der Waals surface area contributed by atoms with Crippen molar-refractivity contribution in [3.8, 4) is 0 Å². The molecular weight excluding hydrogens is 256 g/mol. The highest BCUT2D eigenvalue weighted by atomic mass is 32.2. The zero-order valence-electron chi connectivity index (χ0n) is 9.82. The molecule has 0 aromatic carbocycles. The summed E-state index contributed by atoms with van der Waals surface area (Å²) in [5.41, 5.74) is 0. The molecule has 0 saturated heterocycles. The first-order valence-electron chi connectivity index (χ1n) is 5.12. The number of aryl methyl sites for hydroxylation is 1. The lowest BCUT2D eigenvalue weighted by Crippen LogP contribution is -2.23. The van der Waals surface area contributed by atoms with Crippen LogP contribution in [0.2, 0.25) is 0 Å². The largest absolute Gasteiger partial charge is 0.360 e. The van der Waals surface area contributed by atoms with Crippen molar-refractivity contribution >= 4 is 23.5 Å². The van der Waals surface area contributed by atoms with Crippen LogP contribution in [0.5, 0.6) is 0 Å².